The first-order valence-corrected chi connectivity index (χ1v) is 5.31. The summed E-state index contributed by atoms with van der Waals surface area (Å²) in [5, 5.41) is 27.7. The number of aliphatic hydroxyl groups excluding tert-OH is 2. The number of carboxylic acids is 1. The van der Waals surface area contributed by atoms with Crippen LogP contribution >= 0.6 is 15.9 Å². The zero-order chi connectivity index (χ0) is 13.2. The molecular weight excluding hydrogens is 294 g/mol. The molecule has 6 nitrogen and oxygen atoms in total. The van der Waals surface area contributed by atoms with Crippen molar-refractivity contribution >= 4 is 27.8 Å². The summed E-state index contributed by atoms with van der Waals surface area (Å²) in [6.07, 6.45) is -3.35. The predicted octanol–water partition coefficient (Wildman–Crippen LogP) is 0.0269. The molecular formula is C10H10BrNO5. The third-order valence-electron chi connectivity index (χ3n) is 2.10. The lowest BCUT2D eigenvalue weighted by atomic mass is 10.0. The SMILES string of the molecule is NC(=O)C(O)C(O)c1cc(Br)cc(C(=O)O)c1. The Morgan fingerprint density at radius 1 is 1.24 bits per heavy atom. The number of hydrogen-bond donors (Lipinski definition) is 4. The third kappa shape index (κ3) is 3.26. The number of hydrogen-bond acceptors (Lipinski definition) is 4. The molecule has 0 aliphatic rings. The minimum Gasteiger partial charge on any atom is -0.478 e. The zero-order valence-electron chi connectivity index (χ0n) is 8.50. The summed E-state index contributed by atoms with van der Waals surface area (Å²) in [7, 11) is 0. The van der Waals surface area contributed by atoms with E-state index in [9.17, 15) is 19.8 Å². The summed E-state index contributed by atoms with van der Waals surface area (Å²) in [6, 6.07) is 3.88. The van der Waals surface area contributed by atoms with Crippen LogP contribution in [0, 0.1) is 0 Å². The fourth-order valence-electron chi connectivity index (χ4n) is 1.24. The maximum atomic E-state index is 10.8. The molecule has 0 heterocycles. The first kappa shape index (κ1) is 13.6. The molecule has 1 aromatic carbocycles. The number of primary amides is 1. The Bertz CT molecular complexity index is 462. The van der Waals surface area contributed by atoms with Gasteiger partial charge in [0.15, 0.2) is 6.10 Å². The Morgan fingerprint density at radius 2 is 1.82 bits per heavy atom. The molecule has 0 radical (unpaired) electrons. The van der Waals surface area contributed by atoms with E-state index in [0.29, 0.717) is 4.47 Å². The van der Waals surface area contributed by atoms with Gasteiger partial charge in [-0.05, 0) is 23.8 Å². The molecule has 0 fully saturated rings. The molecule has 1 amide bonds. The normalized spacial score (nSPS) is 14.1. The van der Waals surface area contributed by atoms with Gasteiger partial charge in [-0.15, -0.1) is 0 Å². The number of rotatable bonds is 4. The van der Waals surface area contributed by atoms with E-state index in [1.54, 1.807) is 0 Å². The Morgan fingerprint density at radius 3 is 2.29 bits per heavy atom. The van der Waals surface area contributed by atoms with E-state index in [1.165, 1.54) is 12.1 Å². The Hall–Kier alpha value is -1.44. The fourth-order valence-corrected chi connectivity index (χ4v) is 1.76. The van der Waals surface area contributed by atoms with Gasteiger partial charge in [-0.25, -0.2) is 4.79 Å². The van der Waals surface area contributed by atoms with E-state index in [-0.39, 0.29) is 11.1 Å². The lowest BCUT2D eigenvalue weighted by Crippen LogP contribution is -2.33. The Balaban J connectivity index is 3.13. The van der Waals surface area contributed by atoms with Crippen molar-refractivity contribution in [1.82, 2.24) is 0 Å². The average Bonchev–Trinajstić information content (AvgIpc) is 2.25. The number of nitrogens with two attached hydrogens (primary N) is 1. The van der Waals surface area contributed by atoms with Gasteiger partial charge in [0.2, 0.25) is 5.91 Å². The number of halogens is 1. The standard InChI is InChI=1S/C10H10BrNO5/c11-6-2-4(1-5(3-6)10(16)17)7(13)8(14)9(12)15/h1-3,7-8,13-14H,(H2,12,15)(H,16,17). The number of carboxylic acid groups (broad SMARTS) is 1. The number of aliphatic hydroxyl groups is 2. The van der Waals surface area contributed by atoms with Crippen molar-refractivity contribution in [3.63, 3.8) is 0 Å². The second-order valence-corrected chi connectivity index (χ2v) is 4.29. The fraction of sp³-hybridized carbons (Fsp3) is 0.200. The van der Waals surface area contributed by atoms with Crippen molar-refractivity contribution in [2.45, 2.75) is 12.2 Å². The lowest BCUT2D eigenvalue weighted by molar-refractivity contribution is -0.131. The summed E-state index contributed by atoms with van der Waals surface area (Å²) in [5.41, 5.74) is 4.84. The number of benzene rings is 1. The summed E-state index contributed by atoms with van der Waals surface area (Å²) in [4.78, 5) is 21.5. The van der Waals surface area contributed by atoms with Crippen molar-refractivity contribution in [3.05, 3.63) is 33.8 Å². The molecule has 1 aromatic rings. The van der Waals surface area contributed by atoms with Gasteiger partial charge in [0, 0.05) is 4.47 Å². The van der Waals surface area contributed by atoms with Crippen LogP contribution in [0.5, 0.6) is 0 Å². The van der Waals surface area contributed by atoms with E-state index in [4.69, 9.17) is 10.8 Å². The van der Waals surface area contributed by atoms with E-state index < -0.39 is 24.1 Å². The van der Waals surface area contributed by atoms with Gasteiger partial charge < -0.3 is 21.1 Å². The summed E-state index contributed by atoms with van der Waals surface area (Å²) in [6.45, 7) is 0. The van der Waals surface area contributed by atoms with Crippen molar-refractivity contribution in [3.8, 4) is 0 Å². The van der Waals surface area contributed by atoms with Gasteiger partial charge >= 0.3 is 5.97 Å². The monoisotopic (exact) mass is 303 g/mol. The first-order chi connectivity index (χ1) is 7.82. The van der Waals surface area contributed by atoms with Gasteiger partial charge in [-0.3, -0.25) is 4.79 Å². The van der Waals surface area contributed by atoms with Crippen LogP contribution in [0.25, 0.3) is 0 Å². The van der Waals surface area contributed by atoms with Gasteiger partial charge in [0.1, 0.15) is 6.10 Å². The first-order valence-electron chi connectivity index (χ1n) is 4.52. The van der Waals surface area contributed by atoms with Crippen LogP contribution in [0.15, 0.2) is 22.7 Å². The van der Waals surface area contributed by atoms with Gasteiger partial charge in [-0.1, -0.05) is 15.9 Å². The lowest BCUT2D eigenvalue weighted by Gasteiger charge is -2.15. The summed E-state index contributed by atoms with van der Waals surface area (Å²) < 4.78 is 0.406. The number of carbonyl (C=O) groups excluding carboxylic acids is 1. The number of amides is 1. The third-order valence-corrected chi connectivity index (χ3v) is 2.56. The highest BCUT2D eigenvalue weighted by Crippen LogP contribution is 2.23. The molecule has 1 rings (SSSR count). The molecule has 0 spiro atoms. The zero-order valence-corrected chi connectivity index (χ0v) is 10.1. The highest BCUT2D eigenvalue weighted by molar-refractivity contribution is 9.10. The Labute approximate surface area is 105 Å². The predicted molar refractivity (Wildman–Crippen MR) is 61.3 cm³/mol. The summed E-state index contributed by atoms with van der Waals surface area (Å²) >= 11 is 3.06. The molecule has 2 unspecified atom stereocenters. The van der Waals surface area contributed by atoms with Crippen LogP contribution in [0.2, 0.25) is 0 Å². The maximum absolute atomic E-state index is 10.8. The maximum Gasteiger partial charge on any atom is 0.335 e. The van der Waals surface area contributed by atoms with Crippen molar-refractivity contribution in [2.24, 2.45) is 5.73 Å². The van der Waals surface area contributed by atoms with Crippen LogP contribution in [0.4, 0.5) is 0 Å². The quantitative estimate of drug-likeness (QED) is 0.625. The minimum atomic E-state index is -1.79. The van der Waals surface area contributed by atoms with Gasteiger partial charge in [-0.2, -0.15) is 0 Å². The van der Waals surface area contributed by atoms with Crippen LogP contribution in [0.1, 0.15) is 22.0 Å². The molecule has 17 heavy (non-hydrogen) atoms. The van der Waals surface area contributed by atoms with E-state index in [2.05, 4.69) is 15.9 Å². The van der Waals surface area contributed by atoms with Crippen LogP contribution in [0.3, 0.4) is 0 Å². The number of aromatic carboxylic acids is 1. The largest absolute Gasteiger partial charge is 0.478 e. The van der Waals surface area contributed by atoms with Crippen LogP contribution in [-0.4, -0.2) is 33.3 Å². The molecule has 0 aromatic heterocycles. The second-order valence-electron chi connectivity index (χ2n) is 3.37. The molecule has 7 heteroatoms. The van der Waals surface area contributed by atoms with E-state index >= 15 is 0 Å². The van der Waals surface area contributed by atoms with E-state index in [0.717, 1.165) is 6.07 Å². The summed E-state index contributed by atoms with van der Waals surface area (Å²) in [5.74, 6) is -2.28. The Kier molecular flexibility index (Phi) is 4.22. The molecule has 0 bridgehead atoms. The molecule has 0 saturated carbocycles. The molecule has 5 N–H and O–H groups in total. The average molecular weight is 304 g/mol. The van der Waals surface area contributed by atoms with Crippen LogP contribution < -0.4 is 5.73 Å². The highest BCUT2D eigenvalue weighted by atomic mass is 79.9. The van der Waals surface area contributed by atoms with Crippen molar-refractivity contribution in [1.29, 1.82) is 0 Å². The topological polar surface area (TPSA) is 121 Å². The molecule has 92 valence electrons. The van der Waals surface area contributed by atoms with Crippen molar-refractivity contribution in [2.75, 3.05) is 0 Å². The van der Waals surface area contributed by atoms with Crippen LogP contribution in [-0.2, 0) is 4.79 Å². The van der Waals surface area contributed by atoms with Crippen molar-refractivity contribution < 1.29 is 24.9 Å². The van der Waals surface area contributed by atoms with Gasteiger partial charge in [0.25, 0.3) is 0 Å². The number of carbonyl (C=O) groups is 2. The highest BCUT2D eigenvalue weighted by Gasteiger charge is 2.24. The molecule has 0 saturated heterocycles. The molecule has 0 aliphatic carbocycles. The minimum absolute atomic E-state index is 0.0786. The van der Waals surface area contributed by atoms with Gasteiger partial charge in [0.05, 0.1) is 5.56 Å². The molecule has 0 aliphatic heterocycles. The smallest absolute Gasteiger partial charge is 0.335 e. The second kappa shape index (κ2) is 5.26. The molecule has 2 atom stereocenters. The van der Waals surface area contributed by atoms with E-state index in [1.807, 2.05) is 0 Å².